The molecule has 0 aliphatic carbocycles. The predicted octanol–water partition coefficient (Wildman–Crippen LogP) is 3.49. The van der Waals surface area contributed by atoms with Crippen LogP contribution >= 0.6 is 0 Å². The Morgan fingerprint density at radius 1 is 1.25 bits per heavy atom. The molecule has 12 heavy (non-hydrogen) atoms. The molecule has 74 valence electrons. The fourth-order valence-electron chi connectivity index (χ4n) is 1.08. The maximum absolute atomic E-state index is 5.22. The summed E-state index contributed by atoms with van der Waals surface area (Å²) in [6.45, 7) is 10.9. The van der Waals surface area contributed by atoms with Gasteiger partial charge in [-0.25, -0.2) is 0 Å². The molecule has 0 aromatic carbocycles. The topological polar surface area (TPSA) is 9.23 Å². The molecule has 1 heteroatoms. The number of ether oxygens (including phenoxy) is 1. The molecule has 1 saturated heterocycles. The van der Waals surface area contributed by atoms with Crippen LogP contribution in [0.4, 0.5) is 0 Å². The van der Waals surface area contributed by atoms with Gasteiger partial charge in [0.15, 0.2) is 0 Å². The SMILES string of the molecule is CC(C)C1CCOC1.CCCC. The first-order valence-electron chi connectivity index (χ1n) is 5.30. The molecule has 1 unspecified atom stereocenters. The standard InChI is InChI=1S/C7H14O.C4H10/c1-6(2)7-3-4-8-5-7;1-3-4-2/h6-7H,3-5H2,1-2H3;3-4H2,1-2H3. The van der Waals surface area contributed by atoms with E-state index < -0.39 is 0 Å². The lowest BCUT2D eigenvalue weighted by Gasteiger charge is -2.09. The zero-order valence-corrected chi connectivity index (χ0v) is 9.10. The van der Waals surface area contributed by atoms with Crippen molar-refractivity contribution in [2.75, 3.05) is 13.2 Å². The summed E-state index contributed by atoms with van der Waals surface area (Å²) in [5.41, 5.74) is 0. The summed E-state index contributed by atoms with van der Waals surface area (Å²) in [4.78, 5) is 0. The van der Waals surface area contributed by atoms with Crippen molar-refractivity contribution in [1.29, 1.82) is 0 Å². The fraction of sp³-hybridized carbons (Fsp3) is 1.00. The second-order valence-electron chi connectivity index (χ2n) is 3.87. The third kappa shape index (κ3) is 5.59. The maximum atomic E-state index is 5.22. The third-order valence-electron chi connectivity index (χ3n) is 2.41. The van der Waals surface area contributed by atoms with Gasteiger partial charge in [0, 0.05) is 13.2 Å². The molecular formula is C11H24O. The Morgan fingerprint density at radius 2 is 1.83 bits per heavy atom. The lowest BCUT2D eigenvalue weighted by molar-refractivity contribution is 0.177. The second-order valence-corrected chi connectivity index (χ2v) is 3.87. The number of rotatable bonds is 2. The Bertz CT molecular complexity index is 81.0. The molecule has 0 N–H and O–H groups in total. The molecule has 0 bridgehead atoms. The Morgan fingerprint density at radius 3 is 2.00 bits per heavy atom. The van der Waals surface area contributed by atoms with Crippen molar-refractivity contribution < 1.29 is 4.74 Å². The van der Waals surface area contributed by atoms with E-state index in [2.05, 4.69) is 27.7 Å². The number of hydrogen-bond acceptors (Lipinski definition) is 1. The van der Waals surface area contributed by atoms with Gasteiger partial charge in [0.2, 0.25) is 0 Å². The summed E-state index contributed by atoms with van der Waals surface area (Å²) in [7, 11) is 0. The van der Waals surface area contributed by atoms with Gasteiger partial charge in [0.1, 0.15) is 0 Å². The van der Waals surface area contributed by atoms with Crippen LogP contribution in [-0.2, 0) is 4.74 Å². The normalized spacial score (nSPS) is 22.2. The van der Waals surface area contributed by atoms with Crippen LogP contribution in [0.15, 0.2) is 0 Å². The zero-order valence-electron chi connectivity index (χ0n) is 9.10. The van der Waals surface area contributed by atoms with Gasteiger partial charge in [-0.2, -0.15) is 0 Å². The minimum Gasteiger partial charge on any atom is -0.381 e. The summed E-state index contributed by atoms with van der Waals surface area (Å²) in [6.07, 6.45) is 3.91. The Balaban J connectivity index is 0.000000261. The van der Waals surface area contributed by atoms with Crippen molar-refractivity contribution >= 4 is 0 Å². The van der Waals surface area contributed by atoms with Crippen molar-refractivity contribution in [3.63, 3.8) is 0 Å². The van der Waals surface area contributed by atoms with E-state index in [9.17, 15) is 0 Å². The summed E-state index contributed by atoms with van der Waals surface area (Å²) >= 11 is 0. The highest BCUT2D eigenvalue weighted by Gasteiger charge is 2.18. The molecule has 1 aliphatic heterocycles. The van der Waals surface area contributed by atoms with Crippen LogP contribution in [0.2, 0.25) is 0 Å². The van der Waals surface area contributed by atoms with E-state index in [1.165, 1.54) is 19.3 Å². The quantitative estimate of drug-likeness (QED) is 0.619. The molecule has 0 aromatic rings. The summed E-state index contributed by atoms with van der Waals surface area (Å²) in [5.74, 6) is 1.66. The van der Waals surface area contributed by atoms with Crippen LogP contribution in [0.3, 0.4) is 0 Å². The molecule has 0 aromatic heterocycles. The van der Waals surface area contributed by atoms with Gasteiger partial charge in [0.25, 0.3) is 0 Å². The van der Waals surface area contributed by atoms with Gasteiger partial charge in [-0.3, -0.25) is 0 Å². The zero-order chi connectivity index (χ0) is 9.40. The molecule has 0 radical (unpaired) electrons. The van der Waals surface area contributed by atoms with Crippen molar-refractivity contribution in [2.24, 2.45) is 11.8 Å². The monoisotopic (exact) mass is 172 g/mol. The van der Waals surface area contributed by atoms with Gasteiger partial charge in [-0.15, -0.1) is 0 Å². The van der Waals surface area contributed by atoms with E-state index in [1.54, 1.807) is 0 Å². The molecule has 0 spiro atoms. The first kappa shape index (κ1) is 12.0. The van der Waals surface area contributed by atoms with E-state index in [0.29, 0.717) is 0 Å². The van der Waals surface area contributed by atoms with Crippen LogP contribution in [0.1, 0.15) is 47.0 Å². The average molecular weight is 172 g/mol. The first-order valence-corrected chi connectivity index (χ1v) is 5.30. The number of unbranched alkanes of at least 4 members (excludes halogenated alkanes) is 1. The predicted molar refractivity (Wildman–Crippen MR) is 54.3 cm³/mol. The molecular weight excluding hydrogens is 148 g/mol. The van der Waals surface area contributed by atoms with Crippen LogP contribution in [0.25, 0.3) is 0 Å². The molecule has 1 atom stereocenters. The number of hydrogen-bond donors (Lipinski definition) is 0. The van der Waals surface area contributed by atoms with E-state index in [4.69, 9.17) is 4.74 Å². The molecule has 0 saturated carbocycles. The maximum Gasteiger partial charge on any atom is 0.0497 e. The fourth-order valence-corrected chi connectivity index (χ4v) is 1.08. The highest BCUT2D eigenvalue weighted by molar-refractivity contribution is 4.66. The Hall–Kier alpha value is -0.0400. The van der Waals surface area contributed by atoms with Crippen molar-refractivity contribution in [3.8, 4) is 0 Å². The minimum atomic E-state index is 0.817. The van der Waals surface area contributed by atoms with E-state index >= 15 is 0 Å². The molecule has 1 fully saturated rings. The summed E-state index contributed by atoms with van der Waals surface area (Å²) in [6, 6.07) is 0. The largest absolute Gasteiger partial charge is 0.381 e. The van der Waals surface area contributed by atoms with Crippen LogP contribution in [0, 0.1) is 11.8 Å². The average Bonchev–Trinajstić information content (AvgIpc) is 2.57. The smallest absolute Gasteiger partial charge is 0.0497 e. The highest BCUT2D eigenvalue weighted by atomic mass is 16.5. The third-order valence-corrected chi connectivity index (χ3v) is 2.41. The van der Waals surface area contributed by atoms with E-state index in [1.807, 2.05) is 0 Å². The van der Waals surface area contributed by atoms with Gasteiger partial charge in [0.05, 0.1) is 0 Å². The molecule has 1 nitrogen and oxygen atoms in total. The van der Waals surface area contributed by atoms with Crippen LogP contribution in [-0.4, -0.2) is 13.2 Å². The van der Waals surface area contributed by atoms with Crippen LogP contribution in [0.5, 0.6) is 0 Å². The van der Waals surface area contributed by atoms with Gasteiger partial charge < -0.3 is 4.74 Å². The van der Waals surface area contributed by atoms with Gasteiger partial charge in [-0.1, -0.05) is 40.5 Å². The second kappa shape index (κ2) is 7.60. The molecule has 1 aliphatic rings. The lowest BCUT2D eigenvalue weighted by atomic mass is 9.96. The van der Waals surface area contributed by atoms with E-state index in [-0.39, 0.29) is 0 Å². The van der Waals surface area contributed by atoms with Crippen LogP contribution < -0.4 is 0 Å². The molecule has 0 amide bonds. The van der Waals surface area contributed by atoms with Crippen molar-refractivity contribution in [1.82, 2.24) is 0 Å². The summed E-state index contributed by atoms with van der Waals surface area (Å²) < 4.78 is 5.22. The lowest BCUT2D eigenvalue weighted by Crippen LogP contribution is -2.06. The van der Waals surface area contributed by atoms with Gasteiger partial charge in [-0.05, 0) is 18.3 Å². The first-order chi connectivity index (χ1) is 5.72. The van der Waals surface area contributed by atoms with Crippen molar-refractivity contribution in [3.05, 3.63) is 0 Å². The molecule has 1 rings (SSSR count). The molecule has 1 heterocycles. The summed E-state index contributed by atoms with van der Waals surface area (Å²) in [5, 5.41) is 0. The minimum absolute atomic E-state index is 0.817. The Labute approximate surface area is 77.5 Å². The van der Waals surface area contributed by atoms with Crippen molar-refractivity contribution in [2.45, 2.75) is 47.0 Å². The highest BCUT2D eigenvalue weighted by Crippen LogP contribution is 2.20. The Kier molecular flexibility index (Phi) is 7.58. The van der Waals surface area contributed by atoms with Gasteiger partial charge >= 0.3 is 0 Å². The van der Waals surface area contributed by atoms with E-state index in [0.717, 1.165) is 25.0 Å².